The minimum atomic E-state index is -0.617. The van der Waals surface area contributed by atoms with Gasteiger partial charge in [-0.15, -0.1) is 0 Å². The van der Waals surface area contributed by atoms with Crippen molar-refractivity contribution in [2.24, 2.45) is 5.41 Å². The third-order valence-corrected chi connectivity index (χ3v) is 7.50. The maximum absolute atomic E-state index is 13.8. The van der Waals surface area contributed by atoms with E-state index in [9.17, 15) is 14.4 Å². The normalized spacial score (nSPS) is 19.6. The largest absolute Gasteiger partial charge is 0.497 e. The first-order valence-electron chi connectivity index (χ1n) is 13.9. The van der Waals surface area contributed by atoms with Crippen LogP contribution < -0.4 is 10.1 Å². The fraction of sp³-hybridized carbons (Fsp3) is 0.516. The Morgan fingerprint density at radius 1 is 1.03 bits per heavy atom. The fourth-order valence-corrected chi connectivity index (χ4v) is 5.48. The van der Waals surface area contributed by atoms with Crippen LogP contribution in [0.1, 0.15) is 49.5 Å². The zero-order valence-electron chi connectivity index (χ0n) is 23.7. The number of rotatable bonds is 8. The molecule has 2 saturated heterocycles. The Hall–Kier alpha value is -3.39. The number of methoxy groups -OCH3 is 1. The Morgan fingerprint density at radius 2 is 1.74 bits per heavy atom. The quantitative estimate of drug-likeness (QED) is 0.563. The van der Waals surface area contributed by atoms with Crippen LogP contribution in [0.15, 0.2) is 54.6 Å². The molecule has 0 aliphatic carbocycles. The van der Waals surface area contributed by atoms with E-state index in [-0.39, 0.29) is 29.2 Å². The second kappa shape index (κ2) is 12.6. The van der Waals surface area contributed by atoms with Gasteiger partial charge in [-0.2, -0.15) is 0 Å². The zero-order chi connectivity index (χ0) is 28.0. The minimum absolute atomic E-state index is 0.0403. The van der Waals surface area contributed by atoms with Crippen molar-refractivity contribution in [3.63, 3.8) is 0 Å². The monoisotopic (exact) mass is 534 g/mol. The van der Waals surface area contributed by atoms with Gasteiger partial charge in [0.05, 0.1) is 13.2 Å². The third kappa shape index (κ3) is 7.38. The van der Waals surface area contributed by atoms with Crippen LogP contribution in [0.4, 0.5) is 0 Å². The van der Waals surface area contributed by atoms with E-state index >= 15 is 0 Å². The number of likely N-dealkylation sites (tertiary alicyclic amines) is 1. The summed E-state index contributed by atoms with van der Waals surface area (Å²) < 4.78 is 5.34. The summed E-state index contributed by atoms with van der Waals surface area (Å²) in [7, 11) is 1.57. The molecule has 3 amide bonds. The number of carbonyl (C=O) groups excluding carboxylic acids is 3. The second-order valence-electron chi connectivity index (χ2n) is 11.7. The minimum Gasteiger partial charge on any atom is -0.497 e. The standard InChI is InChI=1S/C31H42N4O4/c1-31(2,3)21-28(36)34(16-13-23-9-6-5-7-10-23)25-20-27(30(38)33-17-14-32-15-18-33)35(22-25)29(37)24-11-8-12-26(19-24)39-4/h5-12,19,25,27,32H,13-18,20-22H2,1-4H3. The van der Waals surface area contributed by atoms with Gasteiger partial charge in [-0.05, 0) is 42.0 Å². The molecule has 2 aromatic carbocycles. The van der Waals surface area contributed by atoms with Gasteiger partial charge < -0.3 is 24.8 Å². The maximum Gasteiger partial charge on any atom is 0.254 e. The van der Waals surface area contributed by atoms with E-state index < -0.39 is 6.04 Å². The predicted octanol–water partition coefficient (Wildman–Crippen LogP) is 3.22. The van der Waals surface area contributed by atoms with Crippen LogP contribution in [0, 0.1) is 5.41 Å². The summed E-state index contributed by atoms with van der Waals surface area (Å²) in [6.07, 6.45) is 1.55. The molecule has 2 fully saturated rings. The molecule has 0 spiro atoms. The molecule has 2 aliphatic heterocycles. The number of nitrogens with one attached hydrogen (secondary N) is 1. The van der Waals surface area contributed by atoms with E-state index in [2.05, 4.69) is 38.2 Å². The van der Waals surface area contributed by atoms with Crippen molar-refractivity contribution >= 4 is 17.7 Å². The van der Waals surface area contributed by atoms with Gasteiger partial charge in [-0.25, -0.2) is 0 Å². The Balaban J connectivity index is 1.62. The van der Waals surface area contributed by atoms with E-state index in [1.54, 1.807) is 36.3 Å². The smallest absolute Gasteiger partial charge is 0.254 e. The molecule has 1 N–H and O–H groups in total. The first-order chi connectivity index (χ1) is 18.7. The number of hydrogen-bond acceptors (Lipinski definition) is 5. The summed E-state index contributed by atoms with van der Waals surface area (Å²) in [5, 5.41) is 3.29. The number of hydrogen-bond donors (Lipinski definition) is 1. The molecule has 210 valence electrons. The second-order valence-corrected chi connectivity index (χ2v) is 11.7. The van der Waals surface area contributed by atoms with Crippen molar-refractivity contribution < 1.29 is 19.1 Å². The van der Waals surface area contributed by atoms with Crippen LogP contribution in [0.2, 0.25) is 0 Å². The number of benzene rings is 2. The van der Waals surface area contributed by atoms with E-state index in [0.29, 0.717) is 56.8 Å². The van der Waals surface area contributed by atoms with E-state index in [0.717, 1.165) is 18.7 Å². The lowest BCUT2D eigenvalue weighted by atomic mass is 9.91. The van der Waals surface area contributed by atoms with Crippen molar-refractivity contribution in [3.05, 3.63) is 65.7 Å². The summed E-state index contributed by atoms with van der Waals surface area (Å²) in [5.74, 6) is 0.400. The SMILES string of the molecule is COc1cccc(C(=O)N2CC(N(CCc3ccccc3)C(=O)CC(C)(C)C)CC2C(=O)N2CCNCC2)c1. The first-order valence-corrected chi connectivity index (χ1v) is 13.9. The highest BCUT2D eigenvalue weighted by Gasteiger charge is 2.45. The van der Waals surface area contributed by atoms with E-state index in [1.807, 2.05) is 28.0 Å². The lowest BCUT2D eigenvalue weighted by molar-refractivity contribution is -0.137. The topological polar surface area (TPSA) is 82.2 Å². The first kappa shape index (κ1) is 28.6. The van der Waals surface area contributed by atoms with Crippen molar-refractivity contribution in [2.45, 2.75) is 52.1 Å². The molecule has 2 aliphatic rings. The van der Waals surface area contributed by atoms with Gasteiger partial charge in [-0.3, -0.25) is 14.4 Å². The van der Waals surface area contributed by atoms with Crippen LogP contribution >= 0.6 is 0 Å². The molecule has 39 heavy (non-hydrogen) atoms. The van der Waals surface area contributed by atoms with E-state index in [4.69, 9.17) is 4.74 Å². The van der Waals surface area contributed by atoms with Crippen LogP contribution in [0.3, 0.4) is 0 Å². The Morgan fingerprint density at radius 3 is 2.41 bits per heavy atom. The molecule has 0 saturated carbocycles. The van der Waals surface area contributed by atoms with Crippen LogP contribution in [-0.4, -0.2) is 90.9 Å². The highest BCUT2D eigenvalue weighted by Crippen LogP contribution is 2.29. The Bertz CT molecular complexity index is 1140. The number of carbonyl (C=O) groups is 3. The average molecular weight is 535 g/mol. The summed E-state index contributed by atoms with van der Waals surface area (Å²) in [6.45, 7) is 9.74. The lowest BCUT2D eigenvalue weighted by Gasteiger charge is -2.32. The molecule has 2 unspecified atom stereocenters. The third-order valence-electron chi connectivity index (χ3n) is 7.50. The van der Waals surface area contributed by atoms with Crippen molar-refractivity contribution in [1.82, 2.24) is 20.0 Å². The maximum atomic E-state index is 13.8. The van der Waals surface area contributed by atoms with Crippen molar-refractivity contribution in [3.8, 4) is 5.75 Å². The van der Waals surface area contributed by atoms with E-state index in [1.165, 1.54) is 0 Å². The average Bonchev–Trinajstić information content (AvgIpc) is 3.37. The Labute approximate surface area is 232 Å². The number of piperazine rings is 1. The van der Waals surface area contributed by atoms with Gasteiger partial charge >= 0.3 is 0 Å². The van der Waals surface area contributed by atoms with Crippen molar-refractivity contribution in [2.75, 3.05) is 46.4 Å². The molecular weight excluding hydrogens is 492 g/mol. The van der Waals surface area contributed by atoms with Gasteiger partial charge in [0.1, 0.15) is 11.8 Å². The van der Waals surface area contributed by atoms with Crippen LogP contribution in [0.5, 0.6) is 5.75 Å². The van der Waals surface area contributed by atoms with Crippen LogP contribution in [-0.2, 0) is 16.0 Å². The number of nitrogens with zero attached hydrogens (tertiary/aromatic N) is 3. The molecule has 8 nitrogen and oxygen atoms in total. The highest BCUT2D eigenvalue weighted by atomic mass is 16.5. The molecule has 4 rings (SSSR count). The molecule has 2 heterocycles. The van der Waals surface area contributed by atoms with Gasteiger partial charge in [0.15, 0.2) is 0 Å². The Kier molecular flexibility index (Phi) is 9.28. The number of ether oxygens (including phenoxy) is 1. The summed E-state index contributed by atoms with van der Waals surface area (Å²) in [6, 6.07) is 16.3. The summed E-state index contributed by atoms with van der Waals surface area (Å²) >= 11 is 0. The molecule has 8 heteroatoms. The van der Waals surface area contributed by atoms with Gasteiger partial charge in [-0.1, -0.05) is 57.2 Å². The summed E-state index contributed by atoms with van der Waals surface area (Å²) in [4.78, 5) is 46.8. The van der Waals surface area contributed by atoms with Gasteiger partial charge in [0, 0.05) is 51.3 Å². The molecule has 0 aromatic heterocycles. The fourth-order valence-electron chi connectivity index (χ4n) is 5.48. The van der Waals surface area contributed by atoms with Gasteiger partial charge in [0.25, 0.3) is 5.91 Å². The molecule has 0 bridgehead atoms. The predicted molar refractivity (Wildman–Crippen MR) is 152 cm³/mol. The zero-order valence-corrected chi connectivity index (χ0v) is 23.7. The molecular formula is C31H42N4O4. The molecule has 0 radical (unpaired) electrons. The molecule has 2 aromatic rings. The van der Waals surface area contributed by atoms with Crippen molar-refractivity contribution in [1.29, 1.82) is 0 Å². The van der Waals surface area contributed by atoms with Crippen LogP contribution in [0.25, 0.3) is 0 Å². The lowest BCUT2D eigenvalue weighted by Crippen LogP contribution is -2.53. The number of amides is 3. The highest BCUT2D eigenvalue weighted by molar-refractivity contribution is 5.98. The summed E-state index contributed by atoms with van der Waals surface area (Å²) in [5.41, 5.74) is 1.46. The molecule has 2 atom stereocenters. The van der Waals surface area contributed by atoms with Gasteiger partial charge in [0.2, 0.25) is 11.8 Å².